The Morgan fingerprint density at radius 1 is 0.696 bits per heavy atom. The zero-order chi connectivity index (χ0) is 15.8. The monoisotopic (exact) mass is 342 g/mol. The Morgan fingerprint density at radius 2 is 1.04 bits per heavy atom. The SMILES string of the molecule is O=c1oc2c(O)c(O)cc3c(=O)oc4c(O)c(O)cc1c4c23.[Ca+2]. The molecule has 0 atom stereocenters. The van der Waals surface area contributed by atoms with Gasteiger partial charge in [-0.3, -0.25) is 0 Å². The third-order valence-corrected chi connectivity index (χ3v) is 3.55. The summed E-state index contributed by atoms with van der Waals surface area (Å²) < 4.78 is 9.87. The third kappa shape index (κ3) is 1.89. The van der Waals surface area contributed by atoms with Crippen molar-refractivity contribution in [2.75, 3.05) is 0 Å². The quantitative estimate of drug-likeness (QED) is 0.160. The van der Waals surface area contributed by atoms with E-state index in [2.05, 4.69) is 0 Å². The van der Waals surface area contributed by atoms with E-state index in [1.165, 1.54) is 0 Å². The van der Waals surface area contributed by atoms with Crippen molar-refractivity contribution in [2.45, 2.75) is 0 Å². The van der Waals surface area contributed by atoms with Crippen molar-refractivity contribution in [3.8, 4) is 23.0 Å². The number of aromatic hydroxyl groups is 4. The van der Waals surface area contributed by atoms with Crippen LogP contribution in [0.4, 0.5) is 0 Å². The molecule has 110 valence electrons. The molecule has 4 aromatic rings. The Kier molecular flexibility index (Phi) is 3.36. The topological polar surface area (TPSA) is 141 Å². The van der Waals surface area contributed by atoms with Crippen molar-refractivity contribution in [3.05, 3.63) is 33.0 Å². The van der Waals surface area contributed by atoms with Crippen LogP contribution < -0.4 is 11.3 Å². The van der Waals surface area contributed by atoms with E-state index in [1.54, 1.807) is 0 Å². The van der Waals surface area contributed by atoms with Crippen molar-refractivity contribution in [1.29, 1.82) is 0 Å². The molecule has 2 heterocycles. The van der Waals surface area contributed by atoms with E-state index in [-0.39, 0.29) is 59.3 Å². The molecule has 23 heavy (non-hydrogen) atoms. The standard InChI is InChI=1S/C14H6O8.Ca/c15-5-1-3-7-8-4(14(20)22-11(7)9(5)17)2-6(16)10(18)12(8)21-13(3)19;/h1-2,15-18H;/q;+2. The Labute approximate surface area is 155 Å². The molecule has 0 bridgehead atoms. The molecule has 0 aliphatic carbocycles. The van der Waals surface area contributed by atoms with Gasteiger partial charge in [-0.2, -0.15) is 0 Å². The van der Waals surface area contributed by atoms with Gasteiger partial charge in [0.25, 0.3) is 0 Å². The van der Waals surface area contributed by atoms with Crippen LogP contribution in [-0.4, -0.2) is 58.2 Å². The number of hydrogen-bond donors (Lipinski definition) is 4. The third-order valence-electron chi connectivity index (χ3n) is 3.55. The molecular formula is C14H6CaO8+2. The van der Waals surface area contributed by atoms with Crippen molar-refractivity contribution < 1.29 is 29.3 Å². The number of phenols is 4. The van der Waals surface area contributed by atoms with Gasteiger partial charge in [0.2, 0.25) is 11.5 Å². The normalized spacial score (nSPS) is 11.3. The first kappa shape index (κ1) is 15.7. The summed E-state index contributed by atoms with van der Waals surface area (Å²) in [5, 5.41) is 38.7. The number of phenolic OH excluding ortho intramolecular Hbond substituents is 4. The second-order valence-corrected chi connectivity index (χ2v) is 4.77. The molecule has 0 unspecified atom stereocenters. The van der Waals surface area contributed by atoms with Gasteiger partial charge >= 0.3 is 49.0 Å². The van der Waals surface area contributed by atoms with Gasteiger partial charge in [0.1, 0.15) is 0 Å². The number of benzene rings is 2. The molecule has 9 heteroatoms. The van der Waals surface area contributed by atoms with Gasteiger partial charge in [-0.1, -0.05) is 0 Å². The summed E-state index contributed by atoms with van der Waals surface area (Å²) in [7, 11) is 0. The largest absolute Gasteiger partial charge is 2.00 e. The first-order valence-corrected chi connectivity index (χ1v) is 6.02. The van der Waals surface area contributed by atoms with Crippen LogP contribution in [0.1, 0.15) is 0 Å². The van der Waals surface area contributed by atoms with E-state index >= 15 is 0 Å². The Morgan fingerprint density at radius 3 is 1.39 bits per heavy atom. The average Bonchev–Trinajstić information content (AvgIpc) is 2.47. The van der Waals surface area contributed by atoms with Crippen molar-refractivity contribution >= 4 is 70.4 Å². The fourth-order valence-corrected chi connectivity index (χ4v) is 2.58. The fourth-order valence-electron chi connectivity index (χ4n) is 2.58. The first-order chi connectivity index (χ1) is 10.4. The summed E-state index contributed by atoms with van der Waals surface area (Å²) in [6.07, 6.45) is 0. The van der Waals surface area contributed by atoms with Crippen molar-refractivity contribution in [3.63, 3.8) is 0 Å². The molecule has 0 amide bonds. The van der Waals surface area contributed by atoms with Crippen LogP contribution in [0.15, 0.2) is 30.6 Å². The summed E-state index contributed by atoms with van der Waals surface area (Å²) >= 11 is 0. The molecule has 2 aromatic heterocycles. The minimum Gasteiger partial charge on any atom is -0.504 e. The predicted molar refractivity (Wildman–Crippen MR) is 79.6 cm³/mol. The molecule has 8 nitrogen and oxygen atoms in total. The van der Waals surface area contributed by atoms with Crippen LogP contribution in [0.5, 0.6) is 23.0 Å². The van der Waals surface area contributed by atoms with Gasteiger partial charge in [-0.25, -0.2) is 9.59 Å². The van der Waals surface area contributed by atoms with Gasteiger partial charge in [0, 0.05) is 10.8 Å². The van der Waals surface area contributed by atoms with E-state index in [4.69, 9.17) is 8.83 Å². The first-order valence-electron chi connectivity index (χ1n) is 6.02. The molecule has 4 N–H and O–H groups in total. The van der Waals surface area contributed by atoms with Crippen molar-refractivity contribution in [1.82, 2.24) is 0 Å². The van der Waals surface area contributed by atoms with E-state index in [0.29, 0.717) is 0 Å². The molecule has 0 saturated carbocycles. The maximum atomic E-state index is 12.0. The van der Waals surface area contributed by atoms with Crippen LogP contribution >= 0.6 is 0 Å². The second-order valence-electron chi connectivity index (χ2n) is 4.77. The molecule has 4 rings (SSSR count). The van der Waals surface area contributed by atoms with Gasteiger partial charge in [0.15, 0.2) is 22.7 Å². The molecular weight excluding hydrogens is 336 g/mol. The molecule has 2 aromatic carbocycles. The molecule has 0 radical (unpaired) electrons. The molecule has 0 fully saturated rings. The van der Waals surface area contributed by atoms with Crippen LogP contribution in [0, 0.1) is 0 Å². The summed E-state index contributed by atoms with van der Waals surface area (Å²) in [5.74, 6) is -2.75. The van der Waals surface area contributed by atoms with Gasteiger partial charge in [-0.05, 0) is 12.1 Å². The Balaban J connectivity index is 0.00000156. The van der Waals surface area contributed by atoms with Crippen LogP contribution in [0.2, 0.25) is 0 Å². The predicted octanol–water partition coefficient (Wildman–Crippen LogP) is 0.932. The van der Waals surface area contributed by atoms with Gasteiger partial charge in [0.05, 0.1) is 10.8 Å². The molecule has 0 spiro atoms. The van der Waals surface area contributed by atoms with E-state index in [9.17, 15) is 30.0 Å². The van der Waals surface area contributed by atoms with Crippen LogP contribution in [0.25, 0.3) is 32.7 Å². The molecule has 0 saturated heterocycles. The summed E-state index contributed by atoms with van der Waals surface area (Å²) in [5.41, 5.74) is -2.70. The minimum absolute atomic E-state index is 0. The van der Waals surface area contributed by atoms with E-state index in [1.807, 2.05) is 0 Å². The average molecular weight is 342 g/mol. The zero-order valence-corrected chi connectivity index (χ0v) is 13.5. The molecule has 0 aliphatic rings. The Hall–Kier alpha value is -2.16. The van der Waals surface area contributed by atoms with Gasteiger partial charge < -0.3 is 29.3 Å². The zero-order valence-electron chi connectivity index (χ0n) is 11.3. The maximum Gasteiger partial charge on any atom is 2.00 e. The second kappa shape index (κ2) is 4.92. The smallest absolute Gasteiger partial charge is 0.504 e. The number of rotatable bonds is 0. The van der Waals surface area contributed by atoms with Gasteiger partial charge in [-0.15, -0.1) is 0 Å². The van der Waals surface area contributed by atoms with Crippen LogP contribution in [0.3, 0.4) is 0 Å². The molecule has 0 aliphatic heterocycles. The van der Waals surface area contributed by atoms with Crippen molar-refractivity contribution in [2.24, 2.45) is 0 Å². The fraction of sp³-hybridized carbons (Fsp3) is 0. The maximum absolute atomic E-state index is 12.0. The summed E-state index contributed by atoms with van der Waals surface area (Å²) in [4.78, 5) is 24.0. The van der Waals surface area contributed by atoms with E-state index in [0.717, 1.165) is 12.1 Å². The minimum atomic E-state index is -0.941. The number of hydrogen-bond acceptors (Lipinski definition) is 8. The van der Waals surface area contributed by atoms with Crippen LogP contribution in [-0.2, 0) is 0 Å². The van der Waals surface area contributed by atoms with E-state index < -0.39 is 45.4 Å². The summed E-state index contributed by atoms with van der Waals surface area (Å²) in [6, 6.07) is 1.93. The Bertz CT molecular complexity index is 1110. The summed E-state index contributed by atoms with van der Waals surface area (Å²) in [6.45, 7) is 0.